The van der Waals surface area contributed by atoms with Gasteiger partial charge in [0.2, 0.25) is 11.8 Å². The van der Waals surface area contributed by atoms with Crippen molar-refractivity contribution in [1.29, 1.82) is 5.41 Å². The minimum absolute atomic E-state index is 0.0627. The number of nitrogens with one attached hydrogen (secondary N) is 3. The zero-order chi connectivity index (χ0) is 17.9. The smallest absolute Gasteiger partial charge is 0.307 e. The zero-order valence-corrected chi connectivity index (χ0v) is 13.3. The Morgan fingerprint density at radius 2 is 1.79 bits per heavy atom. The minimum atomic E-state index is -0.485. The first kappa shape index (κ1) is 18.9. The summed E-state index contributed by atoms with van der Waals surface area (Å²) >= 11 is 0. The van der Waals surface area contributed by atoms with Crippen molar-refractivity contribution in [2.45, 2.75) is 13.3 Å². The molecule has 0 atom stereocenters. The first-order chi connectivity index (χ1) is 11.4. The largest absolute Gasteiger partial charge is 0.466 e. The van der Waals surface area contributed by atoms with E-state index in [1.54, 1.807) is 31.2 Å². The van der Waals surface area contributed by atoms with Gasteiger partial charge in [-0.25, -0.2) is 0 Å². The van der Waals surface area contributed by atoms with Crippen LogP contribution in [0.1, 0.15) is 18.9 Å². The Morgan fingerprint density at radius 1 is 1.17 bits per heavy atom. The first-order valence-corrected chi connectivity index (χ1v) is 7.29. The highest BCUT2D eigenvalue weighted by Crippen LogP contribution is 2.08. The molecule has 0 aliphatic carbocycles. The van der Waals surface area contributed by atoms with E-state index in [0.717, 1.165) is 12.2 Å². The Balaban J connectivity index is 2.38. The molecule has 2 amide bonds. The van der Waals surface area contributed by atoms with Crippen molar-refractivity contribution in [1.82, 2.24) is 5.32 Å². The van der Waals surface area contributed by atoms with Crippen LogP contribution in [0.2, 0.25) is 0 Å². The predicted molar refractivity (Wildman–Crippen MR) is 89.5 cm³/mol. The van der Waals surface area contributed by atoms with Crippen LogP contribution in [0.4, 0.5) is 5.69 Å². The zero-order valence-electron chi connectivity index (χ0n) is 13.3. The van der Waals surface area contributed by atoms with Gasteiger partial charge < -0.3 is 21.1 Å². The molecule has 0 spiro atoms. The predicted octanol–water partition coefficient (Wildman–Crippen LogP) is 0.535. The average Bonchev–Trinajstić information content (AvgIpc) is 2.53. The molecule has 0 unspecified atom stereocenters. The molecule has 1 aromatic carbocycles. The molecule has 0 bridgehead atoms. The van der Waals surface area contributed by atoms with Gasteiger partial charge in [0.25, 0.3) is 0 Å². The van der Waals surface area contributed by atoms with Gasteiger partial charge in [-0.2, -0.15) is 0 Å². The van der Waals surface area contributed by atoms with Crippen LogP contribution in [-0.2, 0) is 19.1 Å². The SMILES string of the molecule is CCOC(=O)CCNC(=O)/C=C/C(=O)Nc1ccc(C(=N)N)cc1. The first-order valence-electron chi connectivity index (χ1n) is 7.29. The summed E-state index contributed by atoms with van der Waals surface area (Å²) in [5.74, 6) is -1.42. The van der Waals surface area contributed by atoms with Crippen molar-refractivity contribution in [3.63, 3.8) is 0 Å². The Kier molecular flexibility index (Phi) is 7.69. The third kappa shape index (κ3) is 7.21. The maximum Gasteiger partial charge on any atom is 0.307 e. The number of carbonyl (C=O) groups excluding carboxylic acids is 3. The van der Waals surface area contributed by atoms with Crippen molar-refractivity contribution in [2.75, 3.05) is 18.5 Å². The Hall–Kier alpha value is -3.16. The fraction of sp³-hybridized carbons (Fsp3) is 0.250. The molecule has 0 aliphatic heterocycles. The van der Waals surface area contributed by atoms with E-state index >= 15 is 0 Å². The van der Waals surface area contributed by atoms with Gasteiger partial charge in [0, 0.05) is 29.9 Å². The molecule has 0 saturated heterocycles. The van der Waals surface area contributed by atoms with Crippen molar-refractivity contribution in [3.8, 4) is 0 Å². The lowest BCUT2D eigenvalue weighted by Gasteiger charge is -2.04. The van der Waals surface area contributed by atoms with Gasteiger partial charge in [0.05, 0.1) is 13.0 Å². The summed E-state index contributed by atoms with van der Waals surface area (Å²) in [6, 6.07) is 6.40. The van der Waals surface area contributed by atoms with Gasteiger partial charge in [-0.15, -0.1) is 0 Å². The molecule has 128 valence electrons. The second-order valence-electron chi connectivity index (χ2n) is 4.66. The lowest BCUT2D eigenvalue weighted by Crippen LogP contribution is -2.25. The van der Waals surface area contributed by atoms with Gasteiger partial charge in [-0.05, 0) is 31.2 Å². The number of amidine groups is 1. The number of hydrogen-bond acceptors (Lipinski definition) is 5. The number of anilines is 1. The summed E-state index contributed by atoms with van der Waals surface area (Å²) in [5, 5.41) is 12.3. The molecule has 0 radical (unpaired) electrons. The highest BCUT2D eigenvalue weighted by Gasteiger charge is 2.04. The fourth-order valence-electron chi connectivity index (χ4n) is 1.65. The normalized spacial score (nSPS) is 10.2. The number of carbonyl (C=O) groups is 3. The van der Waals surface area contributed by atoms with Crippen molar-refractivity contribution >= 4 is 29.3 Å². The van der Waals surface area contributed by atoms with E-state index in [1.165, 1.54) is 0 Å². The lowest BCUT2D eigenvalue weighted by atomic mass is 10.2. The lowest BCUT2D eigenvalue weighted by molar-refractivity contribution is -0.143. The van der Waals surface area contributed by atoms with E-state index in [4.69, 9.17) is 15.9 Å². The van der Waals surface area contributed by atoms with Gasteiger partial charge >= 0.3 is 5.97 Å². The second kappa shape index (κ2) is 9.78. The number of hydrogen-bond donors (Lipinski definition) is 4. The number of amides is 2. The summed E-state index contributed by atoms with van der Waals surface area (Å²) in [6.45, 7) is 2.13. The maximum absolute atomic E-state index is 11.7. The quantitative estimate of drug-likeness (QED) is 0.238. The van der Waals surface area contributed by atoms with Crippen molar-refractivity contribution in [3.05, 3.63) is 42.0 Å². The molecule has 5 N–H and O–H groups in total. The topological polar surface area (TPSA) is 134 Å². The van der Waals surface area contributed by atoms with Crippen LogP contribution in [-0.4, -0.2) is 36.8 Å². The summed E-state index contributed by atoms with van der Waals surface area (Å²) in [6.07, 6.45) is 2.23. The highest BCUT2D eigenvalue weighted by molar-refractivity contribution is 6.03. The highest BCUT2D eigenvalue weighted by atomic mass is 16.5. The summed E-state index contributed by atoms with van der Waals surface area (Å²) in [4.78, 5) is 34.3. The number of ether oxygens (including phenoxy) is 1. The molecule has 1 aromatic rings. The Bertz CT molecular complexity index is 638. The number of esters is 1. The van der Waals surface area contributed by atoms with E-state index in [9.17, 15) is 14.4 Å². The van der Waals surface area contributed by atoms with Crippen LogP contribution in [0.3, 0.4) is 0 Å². The standard InChI is InChI=1S/C16H20N4O4/c1-2-24-15(23)9-10-19-13(21)7-8-14(22)20-12-5-3-11(4-6-12)16(17)18/h3-8H,2,9-10H2,1H3,(H3,17,18)(H,19,21)(H,20,22)/b8-7+. The number of rotatable bonds is 8. The van der Waals surface area contributed by atoms with E-state index in [0.29, 0.717) is 17.9 Å². The van der Waals surface area contributed by atoms with E-state index < -0.39 is 17.8 Å². The van der Waals surface area contributed by atoms with Gasteiger partial charge in [-0.1, -0.05) is 0 Å². The van der Waals surface area contributed by atoms with Crippen LogP contribution in [0.5, 0.6) is 0 Å². The summed E-state index contributed by atoms with van der Waals surface area (Å²) in [7, 11) is 0. The third-order valence-corrected chi connectivity index (χ3v) is 2.78. The molecular weight excluding hydrogens is 312 g/mol. The van der Waals surface area contributed by atoms with Crippen LogP contribution in [0, 0.1) is 5.41 Å². The third-order valence-electron chi connectivity index (χ3n) is 2.78. The van der Waals surface area contributed by atoms with Crippen LogP contribution in [0.25, 0.3) is 0 Å². The molecule has 0 heterocycles. The summed E-state index contributed by atoms with van der Waals surface area (Å²) in [5.41, 5.74) is 6.39. The second-order valence-corrected chi connectivity index (χ2v) is 4.66. The molecule has 0 saturated carbocycles. The number of nitrogens with two attached hydrogens (primary N) is 1. The average molecular weight is 332 g/mol. The van der Waals surface area contributed by atoms with Gasteiger partial charge in [0.15, 0.2) is 0 Å². The molecule has 24 heavy (non-hydrogen) atoms. The Labute approximate surface area is 139 Å². The monoisotopic (exact) mass is 332 g/mol. The van der Waals surface area contributed by atoms with E-state index in [2.05, 4.69) is 10.6 Å². The molecule has 1 rings (SSSR count). The van der Waals surface area contributed by atoms with E-state index in [1.807, 2.05) is 0 Å². The number of nitrogen functional groups attached to an aromatic ring is 1. The molecule has 0 aromatic heterocycles. The van der Waals surface area contributed by atoms with Gasteiger partial charge in [0.1, 0.15) is 5.84 Å². The van der Waals surface area contributed by atoms with Crippen LogP contribution < -0.4 is 16.4 Å². The maximum atomic E-state index is 11.7. The van der Waals surface area contributed by atoms with Gasteiger partial charge in [-0.3, -0.25) is 19.8 Å². The minimum Gasteiger partial charge on any atom is -0.466 e. The molecule has 0 fully saturated rings. The van der Waals surface area contributed by atoms with E-state index in [-0.39, 0.29) is 18.8 Å². The Morgan fingerprint density at radius 3 is 2.38 bits per heavy atom. The summed E-state index contributed by atoms with van der Waals surface area (Å²) < 4.78 is 4.72. The van der Waals surface area contributed by atoms with Crippen molar-refractivity contribution in [2.24, 2.45) is 5.73 Å². The molecule has 0 aliphatic rings. The van der Waals surface area contributed by atoms with Crippen molar-refractivity contribution < 1.29 is 19.1 Å². The molecule has 8 heteroatoms. The molecular formula is C16H20N4O4. The molecule has 8 nitrogen and oxygen atoms in total. The fourth-order valence-corrected chi connectivity index (χ4v) is 1.65. The van der Waals surface area contributed by atoms with Crippen LogP contribution >= 0.6 is 0 Å². The van der Waals surface area contributed by atoms with Crippen LogP contribution in [0.15, 0.2) is 36.4 Å². The number of benzene rings is 1.